The number of unbranched alkanes of at least 4 members (excludes halogenated alkanes) is 2. The maximum absolute atomic E-state index is 12.6. The minimum Gasteiger partial charge on any atom is -0.308 e. The van der Waals surface area contributed by atoms with Crippen molar-refractivity contribution in [3.8, 4) is 11.3 Å². The number of hydrogen-bond acceptors (Lipinski definition) is 6. The van der Waals surface area contributed by atoms with Crippen molar-refractivity contribution in [1.29, 1.82) is 0 Å². The standard InChI is InChI=1S/C25H26ClN5O3S/c1-3-4-8-15-35(33,34)30-25(32)22-14-13-21-24(29-22)31(17(2)27-21)16-19-11-12-20(28-23(19)26)18-9-6-5-7-10-18/h5-7,9-14H,3-4,8,15-16H2,1-2H3,(H,30,32). The molecule has 0 fully saturated rings. The maximum atomic E-state index is 12.6. The van der Waals surface area contributed by atoms with E-state index in [1.54, 1.807) is 6.07 Å². The summed E-state index contributed by atoms with van der Waals surface area (Å²) in [5.74, 6) is -0.183. The molecule has 0 aliphatic rings. The third kappa shape index (κ3) is 5.86. The number of benzene rings is 1. The Labute approximate surface area is 209 Å². The number of sulfonamides is 1. The smallest absolute Gasteiger partial charge is 0.283 e. The van der Waals surface area contributed by atoms with E-state index in [0.717, 1.165) is 29.7 Å². The Morgan fingerprint density at radius 3 is 2.49 bits per heavy atom. The van der Waals surface area contributed by atoms with Crippen LogP contribution in [0.4, 0.5) is 0 Å². The van der Waals surface area contributed by atoms with E-state index >= 15 is 0 Å². The van der Waals surface area contributed by atoms with Crippen LogP contribution in [-0.2, 0) is 16.6 Å². The number of nitrogens with one attached hydrogen (secondary N) is 1. The summed E-state index contributed by atoms with van der Waals surface area (Å²) in [7, 11) is -3.73. The van der Waals surface area contributed by atoms with Gasteiger partial charge in [-0.3, -0.25) is 4.79 Å². The molecule has 3 aromatic heterocycles. The lowest BCUT2D eigenvalue weighted by Crippen LogP contribution is -2.33. The summed E-state index contributed by atoms with van der Waals surface area (Å²) in [6.07, 6.45) is 2.16. The Kier molecular flexibility index (Phi) is 7.47. The van der Waals surface area contributed by atoms with Gasteiger partial charge in [-0.25, -0.2) is 28.1 Å². The van der Waals surface area contributed by atoms with E-state index in [-0.39, 0.29) is 11.4 Å². The van der Waals surface area contributed by atoms with Crippen molar-refractivity contribution in [2.75, 3.05) is 5.75 Å². The minimum atomic E-state index is -3.73. The van der Waals surface area contributed by atoms with Gasteiger partial charge in [0.1, 0.15) is 22.2 Å². The van der Waals surface area contributed by atoms with Crippen molar-refractivity contribution in [3.63, 3.8) is 0 Å². The van der Waals surface area contributed by atoms with Crippen LogP contribution in [0.25, 0.3) is 22.4 Å². The number of carbonyl (C=O) groups is 1. The van der Waals surface area contributed by atoms with Crippen LogP contribution in [-0.4, -0.2) is 39.6 Å². The fourth-order valence-corrected chi connectivity index (χ4v) is 5.03. The number of amides is 1. The normalized spacial score (nSPS) is 11.6. The molecule has 0 aliphatic carbocycles. The second kappa shape index (κ2) is 10.5. The summed E-state index contributed by atoms with van der Waals surface area (Å²) >= 11 is 6.51. The lowest BCUT2D eigenvalue weighted by molar-refractivity contribution is 0.0977. The zero-order valence-electron chi connectivity index (χ0n) is 19.5. The Balaban J connectivity index is 1.59. The van der Waals surface area contributed by atoms with Crippen LogP contribution in [0.15, 0.2) is 54.6 Å². The lowest BCUT2D eigenvalue weighted by atomic mass is 10.1. The molecule has 4 aromatic rings. The second-order valence-electron chi connectivity index (χ2n) is 8.25. The first-order valence-electron chi connectivity index (χ1n) is 11.4. The average molecular weight is 512 g/mol. The second-order valence-corrected chi connectivity index (χ2v) is 10.5. The molecule has 10 heteroatoms. The van der Waals surface area contributed by atoms with Gasteiger partial charge in [0.15, 0.2) is 5.65 Å². The first kappa shape index (κ1) is 24.8. The predicted molar refractivity (Wildman–Crippen MR) is 137 cm³/mol. The molecule has 1 amide bonds. The van der Waals surface area contributed by atoms with Crippen LogP contribution in [0.3, 0.4) is 0 Å². The average Bonchev–Trinajstić information content (AvgIpc) is 3.14. The van der Waals surface area contributed by atoms with E-state index < -0.39 is 15.9 Å². The molecule has 0 unspecified atom stereocenters. The number of rotatable bonds is 9. The Morgan fingerprint density at radius 2 is 1.77 bits per heavy atom. The van der Waals surface area contributed by atoms with Crippen LogP contribution in [0.5, 0.6) is 0 Å². The number of aromatic nitrogens is 4. The molecule has 0 spiro atoms. The van der Waals surface area contributed by atoms with E-state index in [1.807, 2.05) is 60.9 Å². The molecule has 0 radical (unpaired) electrons. The van der Waals surface area contributed by atoms with E-state index in [4.69, 9.17) is 11.6 Å². The highest BCUT2D eigenvalue weighted by Crippen LogP contribution is 2.24. The SMILES string of the molecule is CCCCCS(=O)(=O)NC(=O)c1ccc2nc(C)n(Cc3ccc(-c4ccccc4)nc3Cl)c2n1. The molecular weight excluding hydrogens is 486 g/mol. The third-order valence-corrected chi connectivity index (χ3v) is 7.25. The van der Waals surface area contributed by atoms with Crippen molar-refractivity contribution >= 4 is 38.7 Å². The van der Waals surface area contributed by atoms with Gasteiger partial charge in [0, 0.05) is 11.1 Å². The molecule has 1 aromatic carbocycles. The number of hydrogen-bond donors (Lipinski definition) is 1. The molecule has 0 bridgehead atoms. The third-order valence-electron chi connectivity index (χ3n) is 5.60. The fraction of sp³-hybridized carbons (Fsp3) is 0.280. The van der Waals surface area contributed by atoms with Gasteiger partial charge >= 0.3 is 0 Å². The van der Waals surface area contributed by atoms with Crippen LogP contribution in [0.2, 0.25) is 5.15 Å². The zero-order valence-corrected chi connectivity index (χ0v) is 21.1. The molecule has 35 heavy (non-hydrogen) atoms. The van der Waals surface area contributed by atoms with Gasteiger partial charge in [0.05, 0.1) is 18.0 Å². The van der Waals surface area contributed by atoms with Gasteiger partial charge in [-0.05, 0) is 31.5 Å². The van der Waals surface area contributed by atoms with Crippen LogP contribution < -0.4 is 4.72 Å². The van der Waals surface area contributed by atoms with Crippen molar-refractivity contribution in [2.45, 2.75) is 39.7 Å². The highest BCUT2D eigenvalue weighted by atomic mass is 35.5. The van der Waals surface area contributed by atoms with Crippen molar-refractivity contribution in [2.24, 2.45) is 0 Å². The van der Waals surface area contributed by atoms with Crippen LogP contribution in [0, 0.1) is 6.92 Å². The Morgan fingerprint density at radius 1 is 1.00 bits per heavy atom. The quantitative estimate of drug-likeness (QED) is 0.256. The lowest BCUT2D eigenvalue weighted by Gasteiger charge is -2.10. The number of imidazole rings is 1. The van der Waals surface area contributed by atoms with E-state index in [0.29, 0.717) is 35.1 Å². The van der Waals surface area contributed by atoms with E-state index in [9.17, 15) is 13.2 Å². The largest absolute Gasteiger partial charge is 0.308 e. The summed E-state index contributed by atoms with van der Waals surface area (Å²) in [5.41, 5.74) is 3.55. The van der Waals surface area contributed by atoms with Gasteiger partial charge < -0.3 is 4.57 Å². The van der Waals surface area contributed by atoms with Gasteiger partial charge in [0.25, 0.3) is 5.91 Å². The Bertz CT molecular complexity index is 1470. The number of aryl methyl sites for hydroxylation is 1. The maximum Gasteiger partial charge on any atom is 0.283 e. The van der Waals surface area contributed by atoms with E-state index in [1.165, 1.54) is 6.07 Å². The number of halogens is 1. The number of nitrogens with zero attached hydrogens (tertiary/aromatic N) is 4. The first-order chi connectivity index (χ1) is 16.8. The summed E-state index contributed by atoms with van der Waals surface area (Å²) < 4.78 is 28.4. The predicted octanol–water partition coefficient (Wildman–Crippen LogP) is 4.75. The summed E-state index contributed by atoms with van der Waals surface area (Å²) in [6.45, 7) is 4.16. The highest BCUT2D eigenvalue weighted by molar-refractivity contribution is 7.90. The fourth-order valence-electron chi connectivity index (χ4n) is 3.74. The first-order valence-corrected chi connectivity index (χ1v) is 13.4. The summed E-state index contributed by atoms with van der Waals surface area (Å²) in [5, 5.41) is 0.361. The molecule has 1 N–H and O–H groups in total. The van der Waals surface area contributed by atoms with Crippen LogP contribution in [0.1, 0.15) is 48.1 Å². The molecule has 3 heterocycles. The van der Waals surface area contributed by atoms with E-state index in [2.05, 4.69) is 19.7 Å². The van der Waals surface area contributed by atoms with Crippen molar-refractivity contribution in [3.05, 3.63) is 76.8 Å². The molecular formula is C25H26ClN5O3S. The molecule has 8 nitrogen and oxygen atoms in total. The number of carbonyl (C=O) groups excluding carboxylic acids is 1. The van der Waals surface area contributed by atoms with Crippen molar-refractivity contribution < 1.29 is 13.2 Å². The van der Waals surface area contributed by atoms with Crippen LogP contribution >= 0.6 is 11.6 Å². The number of pyridine rings is 2. The van der Waals surface area contributed by atoms with Gasteiger partial charge in [-0.2, -0.15) is 0 Å². The van der Waals surface area contributed by atoms with Crippen molar-refractivity contribution in [1.82, 2.24) is 24.2 Å². The zero-order chi connectivity index (χ0) is 25.0. The molecule has 0 atom stereocenters. The molecule has 4 rings (SSSR count). The number of fused-ring (bicyclic) bond motifs is 1. The molecule has 0 saturated heterocycles. The van der Waals surface area contributed by atoms with Gasteiger partial charge in [-0.15, -0.1) is 0 Å². The molecule has 182 valence electrons. The van der Waals surface area contributed by atoms with Gasteiger partial charge in [0.2, 0.25) is 10.0 Å². The monoisotopic (exact) mass is 511 g/mol. The molecule has 0 saturated carbocycles. The minimum absolute atomic E-state index is 0.00126. The molecule has 0 aliphatic heterocycles. The summed E-state index contributed by atoms with van der Waals surface area (Å²) in [6, 6.07) is 16.7. The Hall–Kier alpha value is -3.30. The summed E-state index contributed by atoms with van der Waals surface area (Å²) in [4.78, 5) is 26.1. The van der Waals surface area contributed by atoms with Gasteiger partial charge in [-0.1, -0.05) is 67.8 Å². The highest BCUT2D eigenvalue weighted by Gasteiger charge is 2.19. The topological polar surface area (TPSA) is 107 Å².